The van der Waals surface area contributed by atoms with Crippen molar-refractivity contribution in [1.82, 2.24) is 0 Å². The molecule has 0 spiro atoms. The summed E-state index contributed by atoms with van der Waals surface area (Å²) in [6, 6.07) is 9.95. The fourth-order valence-electron chi connectivity index (χ4n) is 3.92. The lowest BCUT2D eigenvalue weighted by atomic mass is 9.98. The van der Waals surface area contributed by atoms with Crippen molar-refractivity contribution in [2.24, 2.45) is 5.92 Å². The minimum absolute atomic E-state index is 0.0879. The van der Waals surface area contributed by atoms with Gasteiger partial charge in [0.25, 0.3) is 0 Å². The van der Waals surface area contributed by atoms with Crippen LogP contribution in [0.5, 0.6) is 17.2 Å². The van der Waals surface area contributed by atoms with Gasteiger partial charge in [-0.15, -0.1) is 26.3 Å². The third kappa shape index (κ3) is 8.42. The number of ether oxygens (including phenoxy) is 3. The summed E-state index contributed by atoms with van der Waals surface area (Å²) in [7, 11) is 0. The molecular weight excluding hydrogens is 470 g/mol. The lowest BCUT2D eigenvalue weighted by Crippen LogP contribution is -2.18. The molecule has 0 aliphatic heterocycles. The summed E-state index contributed by atoms with van der Waals surface area (Å²) in [6.45, 7) is 1.51. The third-order valence-corrected chi connectivity index (χ3v) is 5.53. The second kappa shape index (κ2) is 10.2. The van der Waals surface area contributed by atoms with Gasteiger partial charge >= 0.3 is 12.7 Å². The third-order valence-electron chi connectivity index (χ3n) is 5.22. The molecule has 2 aromatic carbocycles. The van der Waals surface area contributed by atoms with Gasteiger partial charge in [0.2, 0.25) is 0 Å². The molecular formula is C23H22F6O3S. The average Bonchev–Trinajstić information content (AvgIpc) is 3.08. The molecule has 3 nitrogen and oxygen atoms in total. The Labute approximate surface area is 192 Å². The molecule has 0 saturated heterocycles. The first-order valence-corrected chi connectivity index (χ1v) is 10.7. The number of thiocarbonyl (C=S) groups is 1. The van der Waals surface area contributed by atoms with Gasteiger partial charge in [-0.1, -0.05) is 24.4 Å². The van der Waals surface area contributed by atoms with Gasteiger partial charge in [-0.05, 0) is 84.8 Å². The summed E-state index contributed by atoms with van der Waals surface area (Å²) in [5, 5.41) is 0. The molecule has 0 aromatic heterocycles. The van der Waals surface area contributed by atoms with Crippen LogP contribution >= 0.6 is 12.2 Å². The summed E-state index contributed by atoms with van der Waals surface area (Å²) in [4.78, 5) is 0.731. The molecule has 1 saturated carbocycles. The monoisotopic (exact) mass is 492 g/mol. The Morgan fingerprint density at radius 3 is 2.33 bits per heavy atom. The van der Waals surface area contributed by atoms with Gasteiger partial charge < -0.3 is 14.2 Å². The maximum Gasteiger partial charge on any atom is 0.573 e. The molecule has 2 aromatic rings. The Kier molecular flexibility index (Phi) is 7.76. The maximum atomic E-state index is 12.4. The van der Waals surface area contributed by atoms with Gasteiger partial charge in [-0.25, -0.2) is 0 Å². The highest BCUT2D eigenvalue weighted by Crippen LogP contribution is 2.34. The van der Waals surface area contributed by atoms with E-state index in [2.05, 4.69) is 9.47 Å². The van der Waals surface area contributed by atoms with E-state index in [1.54, 1.807) is 6.07 Å². The topological polar surface area (TPSA) is 27.7 Å². The van der Waals surface area contributed by atoms with Crippen LogP contribution in [0.1, 0.15) is 36.8 Å². The van der Waals surface area contributed by atoms with Gasteiger partial charge in [-0.3, -0.25) is 0 Å². The van der Waals surface area contributed by atoms with E-state index < -0.39 is 12.7 Å². The first kappa shape index (κ1) is 25.1. The van der Waals surface area contributed by atoms with Gasteiger partial charge in [-0.2, -0.15) is 0 Å². The summed E-state index contributed by atoms with van der Waals surface area (Å²) >= 11 is 5.46. The van der Waals surface area contributed by atoms with Crippen LogP contribution in [-0.2, 0) is 6.42 Å². The van der Waals surface area contributed by atoms with Crippen molar-refractivity contribution < 1.29 is 40.6 Å². The van der Waals surface area contributed by atoms with Crippen molar-refractivity contribution in [3.8, 4) is 17.2 Å². The minimum atomic E-state index is -4.75. The van der Waals surface area contributed by atoms with E-state index in [0.29, 0.717) is 29.7 Å². The largest absolute Gasteiger partial charge is 0.573 e. The molecule has 0 radical (unpaired) electrons. The lowest BCUT2D eigenvalue weighted by molar-refractivity contribution is -0.275. The highest BCUT2D eigenvalue weighted by molar-refractivity contribution is 7.80. The Bertz CT molecular complexity index is 973. The van der Waals surface area contributed by atoms with E-state index >= 15 is 0 Å². The van der Waals surface area contributed by atoms with Crippen molar-refractivity contribution in [2.75, 3.05) is 0 Å². The Morgan fingerprint density at radius 1 is 0.939 bits per heavy atom. The molecule has 10 heteroatoms. The molecule has 0 bridgehead atoms. The number of hydrogen-bond acceptors (Lipinski definition) is 4. The van der Waals surface area contributed by atoms with E-state index in [1.165, 1.54) is 43.3 Å². The van der Waals surface area contributed by atoms with Crippen molar-refractivity contribution in [2.45, 2.75) is 57.9 Å². The number of hydrogen-bond donors (Lipinski definition) is 0. The smallest absolute Gasteiger partial charge is 0.490 e. The molecule has 0 amide bonds. The predicted octanol–water partition coefficient (Wildman–Crippen LogP) is 7.34. The van der Waals surface area contributed by atoms with E-state index in [0.717, 1.165) is 24.1 Å². The number of halogens is 6. The second-order valence-corrected chi connectivity index (χ2v) is 8.59. The molecule has 2 atom stereocenters. The number of aryl methyl sites for hydroxylation is 1. The van der Waals surface area contributed by atoms with Crippen molar-refractivity contribution in [3.63, 3.8) is 0 Å². The summed E-state index contributed by atoms with van der Waals surface area (Å²) < 4.78 is 88.2. The van der Waals surface area contributed by atoms with Crippen molar-refractivity contribution in [3.05, 3.63) is 53.6 Å². The standard InChI is InChI=1S/C23H22F6O3S/c1-14-9-17(7-8-21(14)32-23(27,28)29)30-18-6-5-16(10-18)13-20(33)12-15-3-2-4-19(11-15)31-22(24,25)26/h2-4,7-9,11,16,18H,5-6,10,12-13H2,1H3. The van der Waals surface area contributed by atoms with Gasteiger partial charge in [0.1, 0.15) is 17.2 Å². The molecule has 0 N–H and O–H groups in total. The highest BCUT2D eigenvalue weighted by Gasteiger charge is 2.32. The minimum Gasteiger partial charge on any atom is -0.490 e. The molecule has 180 valence electrons. The van der Waals surface area contributed by atoms with Crippen LogP contribution in [0.3, 0.4) is 0 Å². The Morgan fingerprint density at radius 2 is 1.67 bits per heavy atom. The predicted molar refractivity (Wildman–Crippen MR) is 114 cm³/mol. The zero-order valence-electron chi connectivity index (χ0n) is 17.6. The first-order chi connectivity index (χ1) is 15.4. The summed E-state index contributed by atoms with van der Waals surface area (Å²) in [5.41, 5.74) is 0.960. The van der Waals surface area contributed by atoms with E-state index in [1.807, 2.05) is 0 Å². The molecule has 33 heavy (non-hydrogen) atoms. The normalized spacial score (nSPS) is 18.8. The van der Waals surface area contributed by atoms with Gasteiger partial charge in [0, 0.05) is 6.42 Å². The fraction of sp³-hybridized carbons (Fsp3) is 0.435. The molecule has 0 heterocycles. The van der Waals surface area contributed by atoms with Crippen LogP contribution < -0.4 is 14.2 Å². The van der Waals surface area contributed by atoms with E-state index in [9.17, 15) is 26.3 Å². The number of alkyl halides is 6. The molecule has 1 aliphatic carbocycles. The second-order valence-electron chi connectivity index (χ2n) is 8.01. The zero-order valence-corrected chi connectivity index (χ0v) is 18.4. The number of rotatable bonds is 8. The van der Waals surface area contributed by atoms with Crippen LogP contribution in [-0.4, -0.2) is 23.7 Å². The summed E-state index contributed by atoms with van der Waals surface area (Å²) in [6.07, 6.45) is -6.20. The van der Waals surface area contributed by atoms with Gasteiger partial charge in [0.15, 0.2) is 0 Å². The lowest BCUT2D eigenvalue weighted by Gasteiger charge is -2.17. The van der Waals surface area contributed by atoms with Crippen molar-refractivity contribution >= 4 is 17.1 Å². The molecule has 1 aliphatic rings. The maximum absolute atomic E-state index is 12.4. The average molecular weight is 492 g/mol. The molecule has 2 unspecified atom stereocenters. The number of benzene rings is 2. The fourth-order valence-corrected chi connectivity index (χ4v) is 4.33. The van der Waals surface area contributed by atoms with Crippen LogP contribution in [0.15, 0.2) is 42.5 Å². The molecule has 3 rings (SSSR count). The zero-order chi connectivity index (χ0) is 24.2. The Hall–Kier alpha value is -2.49. The SMILES string of the molecule is Cc1cc(OC2CCC(CC(=S)Cc3cccc(OC(F)(F)F)c3)C2)ccc1OC(F)(F)F. The summed E-state index contributed by atoms with van der Waals surface area (Å²) in [5.74, 6) is 0.191. The van der Waals surface area contributed by atoms with E-state index in [4.69, 9.17) is 17.0 Å². The molecule has 1 fully saturated rings. The van der Waals surface area contributed by atoms with Crippen LogP contribution in [0.2, 0.25) is 0 Å². The Balaban J connectivity index is 1.49. The quantitative estimate of drug-likeness (QED) is 0.285. The van der Waals surface area contributed by atoms with Gasteiger partial charge in [0.05, 0.1) is 6.10 Å². The highest BCUT2D eigenvalue weighted by atomic mass is 32.1. The first-order valence-electron chi connectivity index (χ1n) is 10.3. The van der Waals surface area contributed by atoms with Crippen molar-refractivity contribution in [1.29, 1.82) is 0 Å². The van der Waals surface area contributed by atoms with Crippen LogP contribution in [0.25, 0.3) is 0 Å². The van der Waals surface area contributed by atoms with Crippen LogP contribution in [0.4, 0.5) is 26.3 Å². The van der Waals surface area contributed by atoms with Crippen LogP contribution in [0, 0.1) is 12.8 Å². The van der Waals surface area contributed by atoms with E-state index in [-0.39, 0.29) is 23.5 Å².